The molecule has 248 valence electrons. The van der Waals surface area contributed by atoms with Crippen molar-refractivity contribution in [2.75, 3.05) is 0 Å². The molecule has 3 heteroatoms. The zero-order chi connectivity index (χ0) is 35.0. The van der Waals surface area contributed by atoms with Gasteiger partial charge in [0.2, 0.25) is 0 Å². The van der Waals surface area contributed by atoms with Crippen LogP contribution in [0.2, 0.25) is 0 Å². The van der Waals surface area contributed by atoms with E-state index in [1.54, 1.807) is 6.92 Å². The van der Waals surface area contributed by atoms with Gasteiger partial charge in [0.25, 0.3) is 0 Å². The molecular formula is C44H51Cl2Zr-3. The first kappa shape index (κ1) is 39.0. The SMILES string of the molecule is CCc1cc2c(-c3cc(C)cc(C)c3)c(C)cc(C)c2[cH-]1.CCc1cc2c(-c3cc(C)cc(C)c3)c(C)cc(C)c2[cH-]1.[CH2-]C.[Cl][Zr][Cl]. The van der Waals surface area contributed by atoms with Gasteiger partial charge in [-0.25, -0.2) is 0 Å². The van der Waals surface area contributed by atoms with E-state index >= 15 is 0 Å². The van der Waals surface area contributed by atoms with Gasteiger partial charge in [0.15, 0.2) is 0 Å². The number of benzene rings is 4. The minimum absolute atomic E-state index is 0.826. The van der Waals surface area contributed by atoms with Gasteiger partial charge in [-0.1, -0.05) is 121 Å². The van der Waals surface area contributed by atoms with E-state index in [1.165, 1.54) is 99.4 Å². The van der Waals surface area contributed by atoms with Crippen LogP contribution >= 0.6 is 17.0 Å². The summed E-state index contributed by atoms with van der Waals surface area (Å²) < 4.78 is 0. The van der Waals surface area contributed by atoms with Crippen molar-refractivity contribution in [3.63, 3.8) is 0 Å². The van der Waals surface area contributed by atoms with Crippen LogP contribution in [0.3, 0.4) is 0 Å². The molecule has 47 heavy (non-hydrogen) atoms. The Kier molecular flexibility index (Phi) is 14.8. The second-order valence-electron chi connectivity index (χ2n) is 12.7. The molecule has 0 aromatic heterocycles. The van der Waals surface area contributed by atoms with Crippen molar-refractivity contribution in [2.24, 2.45) is 0 Å². The van der Waals surface area contributed by atoms with Crippen LogP contribution in [0, 0.1) is 62.3 Å². The van der Waals surface area contributed by atoms with Crippen molar-refractivity contribution >= 4 is 38.6 Å². The van der Waals surface area contributed by atoms with Gasteiger partial charge in [-0.15, -0.1) is 55.9 Å². The van der Waals surface area contributed by atoms with E-state index in [-0.39, 0.29) is 0 Å². The van der Waals surface area contributed by atoms with Crippen LogP contribution in [0.25, 0.3) is 43.8 Å². The Morgan fingerprint density at radius 1 is 0.489 bits per heavy atom. The molecule has 0 amide bonds. The molecule has 6 rings (SSSR count). The molecular weight excluding hydrogens is 691 g/mol. The van der Waals surface area contributed by atoms with Crippen molar-refractivity contribution in [3.8, 4) is 22.3 Å². The van der Waals surface area contributed by atoms with Crippen LogP contribution in [-0.2, 0) is 33.7 Å². The molecule has 0 fully saturated rings. The van der Waals surface area contributed by atoms with E-state index in [0.29, 0.717) is 0 Å². The first-order valence-electron chi connectivity index (χ1n) is 16.6. The zero-order valence-electron chi connectivity index (χ0n) is 30.3. The molecule has 0 atom stereocenters. The summed E-state index contributed by atoms with van der Waals surface area (Å²) in [6, 6.07) is 27.8. The molecule has 0 unspecified atom stereocenters. The normalized spacial score (nSPS) is 10.5. The molecule has 0 aliphatic carbocycles. The summed E-state index contributed by atoms with van der Waals surface area (Å²) in [5.74, 6) is 0. The van der Waals surface area contributed by atoms with E-state index < -0.39 is 20.8 Å². The summed E-state index contributed by atoms with van der Waals surface area (Å²) in [4.78, 5) is 0. The molecule has 0 aliphatic heterocycles. The van der Waals surface area contributed by atoms with Crippen LogP contribution < -0.4 is 0 Å². The fourth-order valence-corrected chi connectivity index (χ4v) is 6.99. The average Bonchev–Trinajstić information content (AvgIpc) is 3.64. The number of aryl methyl sites for hydroxylation is 10. The Balaban J connectivity index is 0.000000225. The van der Waals surface area contributed by atoms with Crippen LogP contribution in [0.15, 0.2) is 72.8 Å². The average molecular weight is 742 g/mol. The van der Waals surface area contributed by atoms with Crippen LogP contribution in [0.5, 0.6) is 0 Å². The predicted molar refractivity (Wildman–Crippen MR) is 209 cm³/mol. The Hall–Kier alpha value is -2.44. The maximum atomic E-state index is 4.93. The van der Waals surface area contributed by atoms with Gasteiger partial charge < -0.3 is 6.92 Å². The van der Waals surface area contributed by atoms with E-state index in [0.717, 1.165) is 12.8 Å². The molecule has 0 saturated heterocycles. The summed E-state index contributed by atoms with van der Waals surface area (Å²) in [6.45, 7) is 27.1. The molecule has 0 saturated carbocycles. The maximum absolute atomic E-state index is 4.93. The second kappa shape index (κ2) is 17.8. The van der Waals surface area contributed by atoms with Gasteiger partial charge in [0.1, 0.15) is 0 Å². The van der Waals surface area contributed by atoms with Gasteiger partial charge in [-0.3, -0.25) is 0 Å². The third kappa shape index (κ3) is 9.38. The van der Waals surface area contributed by atoms with Crippen molar-refractivity contribution in [1.29, 1.82) is 0 Å². The summed E-state index contributed by atoms with van der Waals surface area (Å²) >= 11 is -0.826. The molecule has 0 nitrogen and oxygen atoms in total. The number of fused-ring (bicyclic) bond motifs is 2. The minimum atomic E-state index is -0.826. The van der Waals surface area contributed by atoms with E-state index in [4.69, 9.17) is 17.0 Å². The molecule has 6 aromatic rings. The van der Waals surface area contributed by atoms with E-state index in [1.807, 2.05) is 0 Å². The topological polar surface area (TPSA) is 0 Å². The Labute approximate surface area is 303 Å². The van der Waals surface area contributed by atoms with Crippen molar-refractivity contribution in [2.45, 2.75) is 89.0 Å². The molecule has 0 radical (unpaired) electrons. The molecule has 0 N–H and O–H groups in total. The van der Waals surface area contributed by atoms with Crippen molar-refractivity contribution in [1.82, 2.24) is 0 Å². The molecule has 6 aromatic carbocycles. The second-order valence-corrected chi connectivity index (χ2v) is 16.4. The summed E-state index contributed by atoms with van der Waals surface area (Å²) in [5, 5.41) is 5.64. The Morgan fingerprint density at radius 2 is 0.787 bits per heavy atom. The monoisotopic (exact) mass is 739 g/mol. The first-order valence-corrected chi connectivity index (χ1v) is 23.0. The summed E-state index contributed by atoms with van der Waals surface area (Å²) in [6.07, 6.45) is 2.19. The standard InChI is InChI=1S/2C21H23.C2H5.2ClH.Zr/c2*1-6-17-11-19-15(4)10-16(5)21(20(19)12-17)18-8-13(2)7-14(3)9-18;1-2;;;/h2*7-12H,6H2,1-5H3;1H2,2H3;2*1H;/q3*-1;;;+2/p-2. The number of hydrogen-bond acceptors (Lipinski definition) is 0. The first-order chi connectivity index (χ1) is 22.4. The van der Waals surface area contributed by atoms with Crippen LogP contribution in [0.4, 0.5) is 0 Å². The number of rotatable bonds is 4. The molecule has 0 spiro atoms. The molecule has 0 aliphatic rings. The van der Waals surface area contributed by atoms with Gasteiger partial charge in [-0.05, 0) is 65.5 Å². The molecule has 0 heterocycles. The third-order valence-corrected chi connectivity index (χ3v) is 8.78. The van der Waals surface area contributed by atoms with Gasteiger partial charge in [-0.2, -0.15) is 19.1 Å². The van der Waals surface area contributed by atoms with Crippen molar-refractivity contribution in [3.05, 3.63) is 135 Å². The van der Waals surface area contributed by atoms with E-state index in [9.17, 15) is 0 Å². The summed E-state index contributed by atoms with van der Waals surface area (Å²) in [7, 11) is 9.87. The fourth-order valence-electron chi connectivity index (χ4n) is 6.99. The third-order valence-electron chi connectivity index (χ3n) is 8.78. The number of hydrogen-bond donors (Lipinski definition) is 0. The van der Waals surface area contributed by atoms with Gasteiger partial charge in [0, 0.05) is 0 Å². The molecule has 0 bridgehead atoms. The van der Waals surface area contributed by atoms with Crippen LogP contribution in [0.1, 0.15) is 76.4 Å². The number of halogens is 2. The van der Waals surface area contributed by atoms with Gasteiger partial charge >= 0.3 is 37.9 Å². The van der Waals surface area contributed by atoms with Gasteiger partial charge in [0.05, 0.1) is 0 Å². The Morgan fingerprint density at radius 3 is 1.06 bits per heavy atom. The predicted octanol–water partition coefficient (Wildman–Crippen LogP) is 14.3. The summed E-state index contributed by atoms with van der Waals surface area (Å²) in [5.41, 5.74) is 19.2. The van der Waals surface area contributed by atoms with Crippen molar-refractivity contribution < 1.29 is 20.8 Å². The quantitative estimate of drug-likeness (QED) is 0.158. The zero-order valence-corrected chi connectivity index (χ0v) is 34.3. The van der Waals surface area contributed by atoms with Crippen LogP contribution in [-0.4, -0.2) is 0 Å². The fraction of sp³-hybridized carbons (Fsp3) is 0.295. The Bertz CT molecular complexity index is 1770. The van der Waals surface area contributed by atoms with E-state index in [2.05, 4.69) is 149 Å².